The van der Waals surface area contributed by atoms with E-state index in [0.717, 1.165) is 37.7 Å². The lowest BCUT2D eigenvalue weighted by molar-refractivity contribution is -0.130. The monoisotopic (exact) mass is 419 g/mol. The summed E-state index contributed by atoms with van der Waals surface area (Å²) in [6, 6.07) is 6.32. The Bertz CT molecular complexity index is 777. The van der Waals surface area contributed by atoms with Crippen molar-refractivity contribution >= 4 is 40.5 Å². The zero-order valence-corrected chi connectivity index (χ0v) is 17.2. The third-order valence-electron chi connectivity index (χ3n) is 4.85. The predicted molar refractivity (Wildman–Crippen MR) is 110 cm³/mol. The molecule has 2 aliphatic heterocycles. The molecule has 1 aromatic rings. The summed E-state index contributed by atoms with van der Waals surface area (Å²) in [5.41, 5.74) is 0.903. The summed E-state index contributed by atoms with van der Waals surface area (Å²) in [5.74, 6) is -1.09. The Kier molecular flexibility index (Phi) is 7.27. The fourth-order valence-corrected chi connectivity index (χ4v) is 4.32. The molecule has 29 heavy (non-hydrogen) atoms. The first-order valence-electron chi connectivity index (χ1n) is 9.79. The third kappa shape index (κ3) is 5.57. The molecule has 8 nitrogen and oxygen atoms in total. The van der Waals surface area contributed by atoms with Gasteiger partial charge in [-0.25, -0.2) is 4.79 Å². The summed E-state index contributed by atoms with van der Waals surface area (Å²) in [7, 11) is 0. The van der Waals surface area contributed by atoms with Crippen LogP contribution in [0.1, 0.15) is 43.0 Å². The number of hydrogen-bond acceptors (Lipinski definition) is 7. The van der Waals surface area contributed by atoms with E-state index < -0.39 is 11.2 Å². The van der Waals surface area contributed by atoms with Crippen molar-refractivity contribution in [2.45, 2.75) is 37.9 Å². The second-order valence-corrected chi connectivity index (χ2v) is 8.16. The van der Waals surface area contributed by atoms with Crippen LogP contribution in [0.4, 0.5) is 10.5 Å². The van der Waals surface area contributed by atoms with Crippen LogP contribution in [-0.4, -0.2) is 64.4 Å². The van der Waals surface area contributed by atoms with Crippen molar-refractivity contribution in [2.24, 2.45) is 0 Å². The van der Waals surface area contributed by atoms with Gasteiger partial charge < -0.3 is 10.1 Å². The van der Waals surface area contributed by atoms with Gasteiger partial charge in [0.15, 0.2) is 0 Å². The molecule has 2 fully saturated rings. The minimum Gasteiger partial charge on any atom is -0.462 e. The van der Waals surface area contributed by atoms with Crippen LogP contribution in [0.2, 0.25) is 0 Å². The number of anilines is 1. The van der Waals surface area contributed by atoms with Crippen LogP contribution in [0, 0.1) is 0 Å². The number of nitrogens with one attached hydrogen (secondary N) is 1. The first-order chi connectivity index (χ1) is 14.0. The summed E-state index contributed by atoms with van der Waals surface area (Å²) in [6.07, 6.45) is 3.25. The van der Waals surface area contributed by atoms with Gasteiger partial charge in [0.2, 0.25) is 11.8 Å². The lowest BCUT2D eigenvalue weighted by Gasteiger charge is -2.29. The van der Waals surface area contributed by atoms with Crippen molar-refractivity contribution in [3.05, 3.63) is 29.8 Å². The summed E-state index contributed by atoms with van der Waals surface area (Å²) < 4.78 is 4.92. The number of thioether (sulfide) groups is 1. The smallest absolute Gasteiger partial charge is 0.338 e. The number of esters is 1. The normalized spacial score (nSPS) is 20.0. The third-order valence-corrected chi connectivity index (χ3v) is 5.92. The number of imide groups is 1. The van der Waals surface area contributed by atoms with Crippen LogP contribution in [0.5, 0.6) is 0 Å². The fourth-order valence-electron chi connectivity index (χ4n) is 3.34. The minimum absolute atomic E-state index is 0.0780. The van der Waals surface area contributed by atoms with E-state index in [1.807, 2.05) is 0 Å². The van der Waals surface area contributed by atoms with Gasteiger partial charge in [-0.3, -0.25) is 24.2 Å². The van der Waals surface area contributed by atoms with Crippen LogP contribution >= 0.6 is 11.8 Å². The van der Waals surface area contributed by atoms with Crippen LogP contribution in [0.15, 0.2) is 24.3 Å². The SMILES string of the molecule is CCOC(=O)c1ccc(NC(=O)C[C@@H]2SC(=O)N(CN3CCCCC3)C2=O)cc1. The van der Waals surface area contributed by atoms with Gasteiger partial charge in [0.1, 0.15) is 5.25 Å². The maximum atomic E-state index is 12.6. The molecule has 0 radical (unpaired) electrons. The summed E-state index contributed by atoms with van der Waals surface area (Å²) in [5, 5.41) is 1.70. The molecular formula is C20H25N3O5S. The van der Waals surface area contributed by atoms with Crippen LogP contribution < -0.4 is 5.32 Å². The van der Waals surface area contributed by atoms with Crippen molar-refractivity contribution in [3.63, 3.8) is 0 Å². The van der Waals surface area contributed by atoms with E-state index in [2.05, 4.69) is 10.2 Å². The maximum absolute atomic E-state index is 12.6. The lowest BCUT2D eigenvalue weighted by atomic mass is 10.1. The van der Waals surface area contributed by atoms with Crippen molar-refractivity contribution in [1.82, 2.24) is 9.80 Å². The molecule has 2 heterocycles. The molecule has 3 rings (SSSR count). The molecule has 0 saturated carbocycles. The summed E-state index contributed by atoms with van der Waals surface area (Å²) >= 11 is 0.910. The number of hydrogen-bond donors (Lipinski definition) is 1. The molecule has 0 aromatic heterocycles. The van der Waals surface area contributed by atoms with Gasteiger partial charge in [0, 0.05) is 12.1 Å². The zero-order valence-electron chi connectivity index (χ0n) is 16.4. The molecule has 156 valence electrons. The highest BCUT2D eigenvalue weighted by molar-refractivity contribution is 8.15. The molecule has 0 bridgehead atoms. The second kappa shape index (κ2) is 9.89. The number of carbonyl (C=O) groups is 4. The van der Waals surface area contributed by atoms with Crippen molar-refractivity contribution in [3.8, 4) is 0 Å². The van der Waals surface area contributed by atoms with E-state index in [1.54, 1.807) is 31.2 Å². The van der Waals surface area contributed by atoms with E-state index >= 15 is 0 Å². The Morgan fingerprint density at radius 1 is 1.14 bits per heavy atom. The molecule has 1 atom stereocenters. The Hall–Kier alpha value is -2.39. The molecule has 1 N–H and O–H groups in total. The van der Waals surface area contributed by atoms with Gasteiger partial charge in [0.25, 0.3) is 5.24 Å². The fraction of sp³-hybridized carbons (Fsp3) is 0.500. The number of likely N-dealkylation sites (tertiary alicyclic amines) is 1. The molecule has 0 unspecified atom stereocenters. The van der Waals surface area contributed by atoms with Gasteiger partial charge >= 0.3 is 5.97 Å². The van der Waals surface area contributed by atoms with Gasteiger partial charge in [-0.2, -0.15) is 0 Å². The van der Waals surface area contributed by atoms with Crippen molar-refractivity contribution in [2.75, 3.05) is 31.7 Å². The number of carbonyl (C=O) groups excluding carboxylic acids is 4. The number of amides is 3. The minimum atomic E-state index is -0.703. The highest BCUT2D eigenvalue weighted by atomic mass is 32.2. The first kappa shape index (κ1) is 21.3. The Labute approximate surface area is 173 Å². The van der Waals surface area contributed by atoms with E-state index in [0.29, 0.717) is 17.9 Å². The summed E-state index contributed by atoms with van der Waals surface area (Å²) in [4.78, 5) is 52.2. The van der Waals surface area contributed by atoms with E-state index in [9.17, 15) is 19.2 Å². The molecular weight excluding hydrogens is 394 g/mol. The number of rotatable bonds is 7. The molecule has 1 aromatic carbocycles. The van der Waals surface area contributed by atoms with Gasteiger partial charge in [0.05, 0.1) is 18.8 Å². The lowest BCUT2D eigenvalue weighted by Crippen LogP contribution is -2.44. The Balaban J connectivity index is 1.51. The van der Waals surface area contributed by atoms with Crippen molar-refractivity contribution < 1.29 is 23.9 Å². The molecule has 9 heteroatoms. The number of nitrogens with zero attached hydrogens (tertiary/aromatic N) is 2. The van der Waals surface area contributed by atoms with Gasteiger partial charge in [-0.1, -0.05) is 18.2 Å². The van der Waals surface area contributed by atoms with Gasteiger partial charge in [-0.15, -0.1) is 0 Å². The van der Waals surface area contributed by atoms with Crippen LogP contribution in [0.3, 0.4) is 0 Å². The highest BCUT2D eigenvalue weighted by Crippen LogP contribution is 2.30. The molecule has 0 aliphatic carbocycles. The van der Waals surface area contributed by atoms with E-state index in [4.69, 9.17) is 4.74 Å². The topological polar surface area (TPSA) is 96.0 Å². The molecule has 0 spiro atoms. The standard InChI is InChI=1S/C20H25N3O5S/c1-2-28-19(26)14-6-8-15(9-7-14)21-17(24)12-16-18(25)23(20(27)29-16)13-22-10-4-3-5-11-22/h6-9,16H,2-5,10-13H2,1H3,(H,21,24)/t16-/m0/s1. The van der Waals surface area contributed by atoms with E-state index in [1.165, 1.54) is 11.3 Å². The average Bonchev–Trinajstić information content (AvgIpc) is 2.97. The van der Waals surface area contributed by atoms with Crippen LogP contribution in [0.25, 0.3) is 0 Å². The first-order valence-corrected chi connectivity index (χ1v) is 10.7. The zero-order chi connectivity index (χ0) is 20.8. The Morgan fingerprint density at radius 2 is 1.83 bits per heavy atom. The second-order valence-electron chi connectivity index (χ2n) is 7.01. The number of benzene rings is 1. The molecule has 2 aliphatic rings. The predicted octanol–water partition coefficient (Wildman–Crippen LogP) is 2.70. The average molecular weight is 420 g/mol. The number of piperidine rings is 1. The maximum Gasteiger partial charge on any atom is 0.338 e. The van der Waals surface area contributed by atoms with E-state index in [-0.39, 0.29) is 30.1 Å². The Morgan fingerprint density at radius 3 is 2.48 bits per heavy atom. The highest BCUT2D eigenvalue weighted by Gasteiger charge is 2.41. The quantitative estimate of drug-likeness (QED) is 0.679. The van der Waals surface area contributed by atoms with Gasteiger partial charge in [-0.05, 0) is 57.1 Å². The van der Waals surface area contributed by atoms with Crippen LogP contribution in [-0.2, 0) is 14.3 Å². The molecule has 3 amide bonds. The summed E-state index contributed by atoms with van der Waals surface area (Å²) in [6.45, 7) is 4.09. The number of ether oxygens (including phenoxy) is 1. The molecule has 2 saturated heterocycles. The van der Waals surface area contributed by atoms with Crippen molar-refractivity contribution in [1.29, 1.82) is 0 Å². The largest absolute Gasteiger partial charge is 0.462 e.